The van der Waals surface area contributed by atoms with E-state index in [0.29, 0.717) is 31.0 Å². The minimum absolute atomic E-state index is 0.148. The van der Waals surface area contributed by atoms with E-state index in [0.717, 1.165) is 32.1 Å². The summed E-state index contributed by atoms with van der Waals surface area (Å²) in [4.78, 5) is 11.2. The zero-order valence-electron chi connectivity index (χ0n) is 14.4. The van der Waals surface area contributed by atoms with Crippen LogP contribution in [0, 0.1) is 0 Å². The molecule has 0 amide bonds. The molecule has 7 heteroatoms. The lowest BCUT2D eigenvalue weighted by atomic mass is 10.1. The highest BCUT2D eigenvalue weighted by atomic mass is 32.2. The molecule has 0 saturated carbocycles. The van der Waals surface area contributed by atoms with E-state index in [1.165, 1.54) is 4.31 Å². The number of benzene rings is 1. The number of carbonyl (C=O) groups is 1. The molecule has 0 N–H and O–H groups in total. The molecule has 1 rings (SSSR count). The zero-order valence-corrected chi connectivity index (χ0v) is 15.2. The molecule has 0 heterocycles. The summed E-state index contributed by atoms with van der Waals surface area (Å²) in [6.07, 6.45) is 4.89. The van der Waals surface area contributed by atoms with E-state index < -0.39 is 11.3 Å². The van der Waals surface area contributed by atoms with Gasteiger partial charge in [0.1, 0.15) is 5.75 Å². The van der Waals surface area contributed by atoms with Crippen LogP contribution in [-0.2, 0) is 20.8 Å². The molecule has 1 aromatic rings. The van der Waals surface area contributed by atoms with Crippen LogP contribution in [0.2, 0.25) is 0 Å². The van der Waals surface area contributed by atoms with Crippen LogP contribution < -0.4 is 9.04 Å². The maximum atomic E-state index is 11.4. The lowest BCUT2D eigenvalue weighted by Gasteiger charge is -2.26. The Balaban J connectivity index is 2.27. The van der Waals surface area contributed by atoms with Crippen LogP contribution in [0.5, 0.6) is 5.75 Å². The first-order valence-electron chi connectivity index (χ1n) is 8.25. The Morgan fingerprint density at radius 2 is 1.75 bits per heavy atom. The van der Waals surface area contributed by atoms with Crippen LogP contribution in [0.15, 0.2) is 24.3 Å². The molecule has 0 aliphatic carbocycles. The Morgan fingerprint density at radius 1 is 1.12 bits per heavy atom. The van der Waals surface area contributed by atoms with E-state index in [1.54, 1.807) is 38.3 Å². The Kier molecular flexibility index (Phi) is 10.1. The van der Waals surface area contributed by atoms with Gasteiger partial charge in [0.25, 0.3) is 0 Å². The molecule has 0 fully saturated rings. The molecule has 0 spiro atoms. The van der Waals surface area contributed by atoms with Gasteiger partial charge in [-0.05, 0) is 44.0 Å². The maximum absolute atomic E-state index is 11.4. The van der Waals surface area contributed by atoms with Crippen LogP contribution in [0.4, 0.5) is 5.69 Å². The topological polar surface area (TPSA) is 78.9 Å². The highest BCUT2D eigenvalue weighted by Crippen LogP contribution is 2.21. The molecule has 24 heavy (non-hydrogen) atoms. The third kappa shape index (κ3) is 7.79. The van der Waals surface area contributed by atoms with E-state index in [4.69, 9.17) is 9.47 Å². The van der Waals surface area contributed by atoms with Crippen LogP contribution in [0.25, 0.3) is 0 Å². The molecule has 0 bridgehead atoms. The summed E-state index contributed by atoms with van der Waals surface area (Å²) in [6, 6.07) is 6.94. The molecular weight excluding hydrogens is 330 g/mol. The first-order chi connectivity index (χ1) is 11.6. The van der Waals surface area contributed by atoms with E-state index >= 15 is 0 Å². The van der Waals surface area contributed by atoms with Crippen molar-refractivity contribution in [1.29, 1.82) is 0 Å². The van der Waals surface area contributed by atoms with Crippen LogP contribution >= 0.6 is 0 Å². The second kappa shape index (κ2) is 11.9. The van der Waals surface area contributed by atoms with Gasteiger partial charge in [-0.1, -0.05) is 19.3 Å². The standard InChI is InChI=1S/C17H27NO5S/c1-3-23-17(19)9-7-5-4-6-8-14-18(24(20)21)15-10-12-16(22-2)13-11-15/h10-13H,3-9,14H2,1-2H3,(H,20,21)/p-1. The van der Waals surface area contributed by atoms with Gasteiger partial charge in [0, 0.05) is 29.9 Å². The van der Waals surface area contributed by atoms with Gasteiger partial charge < -0.3 is 18.3 Å². The second-order valence-corrected chi connectivity index (χ2v) is 6.22. The number of esters is 1. The first-order valence-corrected chi connectivity index (χ1v) is 9.28. The normalized spacial score (nSPS) is 11.8. The average molecular weight is 356 g/mol. The first kappa shape index (κ1) is 20.4. The van der Waals surface area contributed by atoms with E-state index in [-0.39, 0.29) is 5.97 Å². The molecule has 0 saturated heterocycles. The van der Waals surface area contributed by atoms with Crippen molar-refractivity contribution in [3.63, 3.8) is 0 Å². The molecule has 1 atom stereocenters. The van der Waals surface area contributed by atoms with Crippen molar-refractivity contribution < 1.29 is 23.0 Å². The van der Waals surface area contributed by atoms with Gasteiger partial charge in [0.05, 0.1) is 13.7 Å². The number of rotatable bonds is 12. The van der Waals surface area contributed by atoms with Gasteiger partial charge in [-0.25, -0.2) is 0 Å². The van der Waals surface area contributed by atoms with Crippen molar-refractivity contribution in [3.8, 4) is 5.75 Å². The van der Waals surface area contributed by atoms with E-state index in [9.17, 15) is 13.6 Å². The van der Waals surface area contributed by atoms with Gasteiger partial charge in [-0.15, -0.1) is 0 Å². The van der Waals surface area contributed by atoms with Crippen molar-refractivity contribution in [1.82, 2.24) is 0 Å². The van der Waals surface area contributed by atoms with Gasteiger partial charge in [0.15, 0.2) is 0 Å². The largest absolute Gasteiger partial charge is 0.755 e. The van der Waals surface area contributed by atoms with Crippen LogP contribution in [0.1, 0.15) is 45.4 Å². The van der Waals surface area contributed by atoms with Gasteiger partial charge in [-0.2, -0.15) is 0 Å². The molecule has 0 aromatic heterocycles. The van der Waals surface area contributed by atoms with E-state index in [1.807, 2.05) is 0 Å². The van der Waals surface area contributed by atoms with Crippen molar-refractivity contribution in [2.45, 2.75) is 45.4 Å². The summed E-state index contributed by atoms with van der Waals surface area (Å²) < 4.78 is 34.1. The lowest BCUT2D eigenvalue weighted by Crippen LogP contribution is -2.26. The van der Waals surface area contributed by atoms with Gasteiger partial charge in [0.2, 0.25) is 0 Å². The molecular formula is C17H26NO5S-. The predicted octanol–water partition coefficient (Wildman–Crippen LogP) is 3.20. The highest BCUT2D eigenvalue weighted by Gasteiger charge is 2.07. The van der Waals surface area contributed by atoms with Crippen molar-refractivity contribution in [2.24, 2.45) is 0 Å². The highest BCUT2D eigenvalue weighted by molar-refractivity contribution is 7.80. The number of hydrogen-bond donors (Lipinski definition) is 0. The monoisotopic (exact) mass is 356 g/mol. The molecule has 0 aliphatic heterocycles. The molecule has 0 radical (unpaired) electrons. The fourth-order valence-corrected chi connectivity index (χ4v) is 2.90. The van der Waals surface area contributed by atoms with Crippen molar-refractivity contribution >= 4 is 22.9 Å². The summed E-state index contributed by atoms with van der Waals surface area (Å²) in [5, 5.41) is 0. The van der Waals surface area contributed by atoms with Crippen LogP contribution in [0.3, 0.4) is 0 Å². The Morgan fingerprint density at radius 3 is 2.33 bits per heavy atom. The van der Waals surface area contributed by atoms with Crippen molar-refractivity contribution in [3.05, 3.63) is 24.3 Å². The Labute approximate surface area is 146 Å². The third-order valence-electron chi connectivity index (χ3n) is 3.59. The minimum atomic E-state index is -2.30. The summed E-state index contributed by atoms with van der Waals surface area (Å²) in [6.45, 7) is 2.67. The molecule has 1 unspecified atom stereocenters. The number of ether oxygens (including phenoxy) is 2. The Hall–Kier alpha value is -1.60. The quantitative estimate of drug-likeness (QED) is 0.326. The number of nitrogens with zero attached hydrogens (tertiary/aromatic N) is 1. The molecule has 0 aliphatic rings. The molecule has 6 nitrogen and oxygen atoms in total. The number of anilines is 1. The van der Waals surface area contributed by atoms with Gasteiger partial charge >= 0.3 is 5.97 Å². The SMILES string of the molecule is CCOC(=O)CCCCCCCN(c1ccc(OC)cc1)S(=O)[O-]. The second-order valence-electron chi connectivity index (χ2n) is 5.34. The number of carbonyl (C=O) groups excluding carboxylic acids is 1. The zero-order chi connectivity index (χ0) is 17.8. The lowest BCUT2D eigenvalue weighted by molar-refractivity contribution is -0.143. The maximum Gasteiger partial charge on any atom is 0.305 e. The number of methoxy groups -OCH3 is 1. The fourth-order valence-electron chi connectivity index (χ4n) is 2.33. The van der Waals surface area contributed by atoms with E-state index in [2.05, 4.69) is 0 Å². The number of unbranched alkanes of at least 4 members (excludes halogenated alkanes) is 4. The smallest absolute Gasteiger partial charge is 0.305 e. The predicted molar refractivity (Wildman–Crippen MR) is 93.6 cm³/mol. The van der Waals surface area contributed by atoms with Crippen molar-refractivity contribution in [2.75, 3.05) is 24.6 Å². The third-order valence-corrected chi connectivity index (χ3v) is 4.34. The number of hydrogen-bond acceptors (Lipinski definition) is 5. The Bertz CT molecular complexity index is 506. The summed E-state index contributed by atoms with van der Waals surface area (Å²) in [7, 11) is 1.57. The van der Waals surface area contributed by atoms with Gasteiger partial charge in [-0.3, -0.25) is 9.00 Å². The molecule has 136 valence electrons. The molecule has 1 aromatic carbocycles. The summed E-state index contributed by atoms with van der Waals surface area (Å²) in [5.41, 5.74) is 0.631. The van der Waals surface area contributed by atoms with Crippen LogP contribution in [-0.4, -0.2) is 35.0 Å². The summed E-state index contributed by atoms with van der Waals surface area (Å²) >= 11 is -2.30. The summed E-state index contributed by atoms with van der Waals surface area (Å²) in [5.74, 6) is 0.543. The fraction of sp³-hybridized carbons (Fsp3) is 0.588. The average Bonchev–Trinajstić information content (AvgIpc) is 2.57. The minimum Gasteiger partial charge on any atom is -0.755 e.